The van der Waals surface area contributed by atoms with E-state index in [0.29, 0.717) is 11.8 Å². The van der Waals surface area contributed by atoms with Crippen molar-refractivity contribution in [1.82, 2.24) is 14.8 Å². The van der Waals surface area contributed by atoms with Crippen LogP contribution in [0.1, 0.15) is 11.3 Å². The lowest BCUT2D eigenvalue weighted by Crippen LogP contribution is -2.34. The summed E-state index contributed by atoms with van der Waals surface area (Å²) in [5.74, 6) is -1.85. The molecule has 2 fully saturated rings. The Morgan fingerprint density at radius 3 is 2.22 bits per heavy atom. The standard InChI is InChI=1S/C20H22FN3O.C2HF3O2/c21-18-5-3-4-15(8-18)9-20(25)24-12-16-10-23(11-17(16)13-24)14-19-6-1-2-7-22-19;3-2(4,5)1(6)7/h1-8,16-17H,9-14H2;(H,6,7)/t16-,17+;. The maximum atomic E-state index is 13.3. The Morgan fingerprint density at radius 1 is 1.03 bits per heavy atom. The van der Waals surface area contributed by atoms with Gasteiger partial charge < -0.3 is 10.0 Å². The molecule has 6 nitrogen and oxygen atoms in total. The molecule has 4 rings (SSSR count). The molecule has 0 spiro atoms. The summed E-state index contributed by atoms with van der Waals surface area (Å²) >= 11 is 0. The largest absolute Gasteiger partial charge is 0.490 e. The SMILES string of the molecule is O=C(Cc1cccc(F)c1)N1C[C@H]2CN(Cc3ccccn3)C[C@H]2C1.O=C(O)C(F)(F)F. The van der Waals surface area contributed by atoms with Crippen molar-refractivity contribution in [3.8, 4) is 0 Å². The Kier molecular flexibility index (Phi) is 7.44. The number of hydrogen-bond acceptors (Lipinski definition) is 4. The van der Waals surface area contributed by atoms with Crippen molar-refractivity contribution in [2.24, 2.45) is 11.8 Å². The summed E-state index contributed by atoms with van der Waals surface area (Å²) < 4.78 is 45.0. The van der Waals surface area contributed by atoms with E-state index in [1.165, 1.54) is 12.1 Å². The van der Waals surface area contributed by atoms with Gasteiger partial charge in [-0.1, -0.05) is 18.2 Å². The zero-order chi connectivity index (χ0) is 23.3. The van der Waals surface area contributed by atoms with Gasteiger partial charge in [-0.25, -0.2) is 9.18 Å². The molecular weight excluding hydrogens is 430 g/mol. The summed E-state index contributed by atoms with van der Waals surface area (Å²) in [5.41, 5.74) is 1.85. The predicted octanol–water partition coefficient (Wildman–Crippen LogP) is 2.99. The molecule has 2 aromatic rings. The van der Waals surface area contributed by atoms with Crippen molar-refractivity contribution in [2.75, 3.05) is 26.2 Å². The summed E-state index contributed by atoms with van der Waals surface area (Å²) in [6.45, 7) is 4.55. The molecule has 10 heteroatoms. The fourth-order valence-electron chi connectivity index (χ4n) is 4.08. The highest BCUT2D eigenvalue weighted by Gasteiger charge is 2.41. The number of aromatic nitrogens is 1. The first-order chi connectivity index (χ1) is 15.1. The Hall–Kier alpha value is -3.01. The molecule has 2 atom stereocenters. The van der Waals surface area contributed by atoms with Crippen LogP contribution in [0.15, 0.2) is 48.7 Å². The number of amides is 1. The minimum atomic E-state index is -5.08. The molecule has 0 bridgehead atoms. The van der Waals surface area contributed by atoms with Crippen LogP contribution in [0.25, 0.3) is 0 Å². The van der Waals surface area contributed by atoms with Crippen LogP contribution in [0.2, 0.25) is 0 Å². The van der Waals surface area contributed by atoms with E-state index in [4.69, 9.17) is 9.90 Å². The van der Waals surface area contributed by atoms with Gasteiger partial charge in [0.1, 0.15) is 5.82 Å². The monoisotopic (exact) mass is 453 g/mol. The van der Waals surface area contributed by atoms with E-state index in [-0.39, 0.29) is 18.1 Å². The maximum Gasteiger partial charge on any atom is 0.490 e. The molecule has 32 heavy (non-hydrogen) atoms. The van der Waals surface area contributed by atoms with Crippen LogP contribution >= 0.6 is 0 Å². The number of nitrogens with zero attached hydrogens (tertiary/aromatic N) is 3. The second kappa shape index (κ2) is 10.1. The molecule has 1 N–H and O–H groups in total. The number of fused-ring (bicyclic) bond motifs is 1. The Morgan fingerprint density at radius 2 is 1.69 bits per heavy atom. The van der Waals surface area contributed by atoms with E-state index in [9.17, 15) is 22.4 Å². The normalized spacial score (nSPS) is 20.4. The van der Waals surface area contributed by atoms with Crippen LogP contribution in [0, 0.1) is 17.7 Å². The van der Waals surface area contributed by atoms with Crippen molar-refractivity contribution >= 4 is 11.9 Å². The molecule has 172 valence electrons. The molecule has 0 unspecified atom stereocenters. The molecule has 3 heterocycles. The molecule has 1 aromatic heterocycles. The number of hydrogen-bond donors (Lipinski definition) is 1. The first-order valence-corrected chi connectivity index (χ1v) is 10.1. The lowest BCUT2D eigenvalue weighted by atomic mass is 10.0. The van der Waals surface area contributed by atoms with Crippen molar-refractivity contribution in [3.63, 3.8) is 0 Å². The van der Waals surface area contributed by atoms with Gasteiger partial charge >= 0.3 is 12.1 Å². The molecule has 2 aliphatic heterocycles. The van der Waals surface area contributed by atoms with Gasteiger partial charge in [0.2, 0.25) is 5.91 Å². The number of carbonyl (C=O) groups is 2. The number of aliphatic carboxylic acids is 1. The van der Waals surface area contributed by atoms with Gasteiger partial charge in [-0.2, -0.15) is 13.2 Å². The summed E-state index contributed by atoms with van der Waals surface area (Å²) in [5, 5.41) is 7.12. The average molecular weight is 453 g/mol. The number of carboxylic acids is 1. The number of carboxylic acid groups (broad SMARTS) is 1. The van der Waals surface area contributed by atoms with E-state index in [1.54, 1.807) is 6.07 Å². The first-order valence-electron chi connectivity index (χ1n) is 10.1. The van der Waals surface area contributed by atoms with Gasteiger partial charge in [-0.05, 0) is 41.7 Å². The van der Waals surface area contributed by atoms with Crippen LogP contribution in [-0.2, 0) is 22.6 Å². The fraction of sp³-hybridized carbons (Fsp3) is 0.409. The van der Waals surface area contributed by atoms with E-state index in [0.717, 1.165) is 44.0 Å². The van der Waals surface area contributed by atoms with Gasteiger partial charge in [0, 0.05) is 38.9 Å². The Bertz CT molecular complexity index is 926. The first kappa shape index (κ1) is 23.6. The van der Waals surface area contributed by atoms with Crippen LogP contribution in [0.4, 0.5) is 17.6 Å². The number of halogens is 4. The number of carbonyl (C=O) groups excluding carboxylic acids is 1. The van der Waals surface area contributed by atoms with E-state index < -0.39 is 12.1 Å². The highest BCUT2D eigenvalue weighted by atomic mass is 19.4. The smallest absolute Gasteiger partial charge is 0.475 e. The van der Waals surface area contributed by atoms with Crippen LogP contribution in [0.5, 0.6) is 0 Å². The third-order valence-corrected chi connectivity index (χ3v) is 5.51. The van der Waals surface area contributed by atoms with Gasteiger partial charge in [-0.15, -0.1) is 0 Å². The number of pyridine rings is 1. The van der Waals surface area contributed by atoms with E-state index in [1.807, 2.05) is 29.3 Å². The third kappa shape index (κ3) is 6.49. The van der Waals surface area contributed by atoms with Crippen molar-refractivity contribution in [2.45, 2.75) is 19.1 Å². The summed E-state index contributed by atoms with van der Waals surface area (Å²) in [6.07, 6.45) is -2.96. The number of benzene rings is 1. The predicted molar refractivity (Wildman–Crippen MR) is 107 cm³/mol. The third-order valence-electron chi connectivity index (χ3n) is 5.51. The molecule has 0 radical (unpaired) electrons. The Labute approximate surface area is 182 Å². The highest BCUT2D eigenvalue weighted by Crippen LogP contribution is 2.32. The molecule has 1 amide bonds. The molecular formula is C22H23F4N3O3. The lowest BCUT2D eigenvalue weighted by Gasteiger charge is -2.21. The van der Waals surface area contributed by atoms with Crippen molar-refractivity contribution in [3.05, 3.63) is 65.7 Å². The molecule has 0 saturated carbocycles. The number of alkyl halides is 3. The van der Waals surface area contributed by atoms with Crippen molar-refractivity contribution in [1.29, 1.82) is 0 Å². The molecule has 2 saturated heterocycles. The zero-order valence-corrected chi connectivity index (χ0v) is 17.1. The topological polar surface area (TPSA) is 73.7 Å². The molecule has 1 aromatic carbocycles. The minimum absolute atomic E-state index is 0.108. The van der Waals surface area contributed by atoms with Crippen LogP contribution in [-0.4, -0.2) is 64.1 Å². The van der Waals surface area contributed by atoms with Crippen LogP contribution < -0.4 is 0 Å². The van der Waals surface area contributed by atoms with Gasteiger partial charge in [0.05, 0.1) is 12.1 Å². The zero-order valence-electron chi connectivity index (χ0n) is 17.1. The lowest BCUT2D eigenvalue weighted by molar-refractivity contribution is -0.192. The fourth-order valence-corrected chi connectivity index (χ4v) is 4.08. The van der Waals surface area contributed by atoms with Crippen molar-refractivity contribution < 1.29 is 32.3 Å². The highest BCUT2D eigenvalue weighted by molar-refractivity contribution is 5.79. The van der Waals surface area contributed by atoms with Gasteiger partial charge in [-0.3, -0.25) is 14.7 Å². The van der Waals surface area contributed by atoms with Crippen LogP contribution in [0.3, 0.4) is 0 Å². The second-order valence-corrected chi connectivity index (χ2v) is 7.94. The summed E-state index contributed by atoms with van der Waals surface area (Å²) in [4.78, 5) is 30.2. The molecule has 2 aliphatic rings. The average Bonchev–Trinajstić information content (AvgIpc) is 3.27. The molecule has 0 aliphatic carbocycles. The number of likely N-dealkylation sites (tertiary alicyclic amines) is 2. The summed E-state index contributed by atoms with van der Waals surface area (Å²) in [7, 11) is 0. The van der Waals surface area contributed by atoms with E-state index in [2.05, 4.69) is 16.0 Å². The minimum Gasteiger partial charge on any atom is -0.475 e. The maximum absolute atomic E-state index is 13.3. The second-order valence-electron chi connectivity index (χ2n) is 7.94. The van der Waals surface area contributed by atoms with E-state index >= 15 is 0 Å². The van der Waals surface area contributed by atoms with Gasteiger partial charge in [0.25, 0.3) is 0 Å². The number of rotatable bonds is 4. The quantitative estimate of drug-likeness (QED) is 0.721. The Balaban J connectivity index is 0.000000360. The van der Waals surface area contributed by atoms with Gasteiger partial charge in [0.15, 0.2) is 0 Å². The summed E-state index contributed by atoms with van der Waals surface area (Å²) in [6, 6.07) is 12.3.